The van der Waals surface area contributed by atoms with E-state index in [1.54, 1.807) is 0 Å². The number of nitrogens with zero attached hydrogens (tertiary/aromatic N) is 2. The lowest BCUT2D eigenvalue weighted by Gasteiger charge is -2.34. The van der Waals surface area contributed by atoms with E-state index in [2.05, 4.69) is 62.5 Å². The molecule has 1 saturated heterocycles. The van der Waals surface area contributed by atoms with E-state index < -0.39 is 0 Å². The van der Waals surface area contributed by atoms with Crippen LogP contribution in [-0.2, 0) is 11.2 Å². The standard InChI is InChI=1S/C20H30N4OS2.HI/c1-16(13-17-5-3-11-26-17)14-22-20(21-2)23-15-18(19-6-4-12-27-19)24-7-9-25-10-8-24;/h3-6,11-12,16,18H,7-10,13-15H2,1-2H3,(H2,21,22,23);1H. The summed E-state index contributed by atoms with van der Waals surface area (Å²) < 4.78 is 5.53. The predicted molar refractivity (Wildman–Crippen MR) is 131 cm³/mol. The molecule has 3 heterocycles. The number of halogens is 1. The van der Waals surface area contributed by atoms with Gasteiger partial charge in [-0.2, -0.15) is 0 Å². The van der Waals surface area contributed by atoms with Crippen LogP contribution in [0.5, 0.6) is 0 Å². The molecule has 2 N–H and O–H groups in total. The highest BCUT2D eigenvalue weighted by Crippen LogP contribution is 2.25. The van der Waals surface area contributed by atoms with Crippen LogP contribution in [-0.4, -0.2) is 57.3 Å². The first-order chi connectivity index (χ1) is 13.3. The van der Waals surface area contributed by atoms with Crippen LogP contribution in [0.25, 0.3) is 0 Å². The van der Waals surface area contributed by atoms with E-state index in [1.165, 1.54) is 9.75 Å². The highest BCUT2D eigenvalue weighted by atomic mass is 127. The number of thiophene rings is 2. The minimum atomic E-state index is 0. The molecule has 2 unspecified atom stereocenters. The normalized spacial score (nSPS) is 17.6. The molecule has 3 rings (SSSR count). The van der Waals surface area contributed by atoms with Crippen molar-refractivity contribution in [2.45, 2.75) is 19.4 Å². The predicted octanol–water partition coefficient (Wildman–Crippen LogP) is 3.84. The van der Waals surface area contributed by atoms with Crippen LogP contribution >= 0.6 is 46.7 Å². The van der Waals surface area contributed by atoms with Crippen LogP contribution in [0.4, 0.5) is 0 Å². The summed E-state index contributed by atoms with van der Waals surface area (Å²) in [6.45, 7) is 7.63. The van der Waals surface area contributed by atoms with Crippen molar-refractivity contribution in [2.24, 2.45) is 10.9 Å². The van der Waals surface area contributed by atoms with Crippen molar-refractivity contribution < 1.29 is 4.74 Å². The highest BCUT2D eigenvalue weighted by molar-refractivity contribution is 14.0. The van der Waals surface area contributed by atoms with Gasteiger partial charge in [0.05, 0.1) is 19.3 Å². The Kier molecular flexibility index (Phi) is 10.8. The van der Waals surface area contributed by atoms with E-state index in [0.717, 1.165) is 51.8 Å². The molecule has 2 atom stereocenters. The molecule has 0 saturated carbocycles. The summed E-state index contributed by atoms with van der Waals surface area (Å²) in [5.41, 5.74) is 0. The van der Waals surface area contributed by atoms with Gasteiger partial charge in [-0.3, -0.25) is 9.89 Å². The zero-order valence-corrected chi connectivity index (χ0v) is 20.6. The molecule has 1 aliphatic rings. The molecule has 5 nitrogen and oxygen atoms in total. The van der Waals surface area contributed by atoms with Gasteiger partial charge in [-0.15, -0.1) is 46.7 Å². The minimum Gasteiger partial charge on any atom is -0.379 e. The molecule has 1 fully saturated rings. The van der Waals surface area contributed by atoms with Gasteiger partial charge in [-0.25, -0.2) is 0 Å². The maximum Gasteiger partial charge on any atom is 0.191 e. The fourth-order valence-electron chi connectivity index (χ4n) is 3.31. The van der Waals surface area contributed by atoms with Gasteiger partial charge < -0.3 is 15.4 Å². The molecule has 8 heteroatoms. The first kappa shape index (κ1) is 23.6. The molecule has 28 heavy (non-hydrogen) atoms. The number of hydrogen-bond donors (Lipinski definition) is 2. The van der Waals surface area contributed by atoms with Crippen molar-refractivity contribution in [1.82, 2.24) is 15.5 Å². The molecular formula is C20H31IN4OS2. The molecule has 2 aromatic rings. The average molecular weight is 535 g/mol. The summed E-state index contributed by atoms with van der Waals surface area (Å²) in [4.78, 5) is 9.76. The first-order valence-corrected chi connectivity index (χ1v) is 11.3. The number of hydrogen-bond acceptors (Lipinski definition) is 5. The van der Waals surface area contributed by atoms with Gasteiger partial charge in [0.15, 0.2) is 5.96 Å². The van der Waals surface area contributed by atoms with Crippen LogP contribution in [0.1, 0.15) is 22.7 Å². The Bertz CT molecular complexity index is 672. The fraction of sp³-hybridized carbons (Fsp3) is 0.550. The van der Waals surface area contributed by atoms with E-state index in [1.807, 2.05) is 29.7 Å². The fourth-order valence-corrected chi connectivity index (χ4v) is 5.04. The van der Waals surface area contributed by atoms with Gasteiger partial charge >= 0.3 is 0 Å². The van der Waals surface area contributed by atoms with Gasteiger partial charge in [-0.05, 0) is 35.2 Å². The van der Waals surface area contributed by atoms with Crippen LogP contribution in [0.15, 0.2) is 40.0 Å². The van der Waals surface area contributed by atoms with Gasteiger partial charge in [0.1, 0.15) is 0 Å². The summed E-state index contributed by atoms with van der Waals surface area (Å²) in [7, 11) is 1.84. The van der Waals surface area contributed by atoms with Gasteiger partial charge in [0.25, 0.3) is 0 Å². The maximum atomic E-state index is 5.53. The molecule has 0 amide bonds. The number of aliphatic imine (C=N–C) groups is 1. The van der Waals surface area contributed by atoms with E-state index >= 15 is 0 Å². The highest BCUT2D eigenvalue weighted by Gasteiger charge is 2.23. The number of nitrogens with one attached hydrogen (secondary N) is 2. The SMILES string of the molecule is CN=C(NCC(C)Cc1cccs1)NCC(c1cccs1)N1CCOCC1.I. The Morgan fingerprint density at radius 3 is 2.50 bits per heavy atom. The van der Waals surface area contributed by atoms with E-state index in [4.69, 9.17) is 4.74 Å². The molecule has 0 aromatic carbocycles. The van der Waals surface area contributed by atoms with Crippen molar-refractivity contribution in [2.75, 3.05) is 46.4 Å². The summed E-state index contributed by atoms with van der Waals surface area (Å²) in [6.07, 6.45) is 1.10. The summed E-state index contributed by atoms with van der Waals surface area (Å²) in [6, 6.07) is 9.05. The zero-order valence-electron chi connectivity index (χ0n) is 16.6. The second kappa shape index (κ2) is 12.8. The topological polar surface area (TPSA) is 48.9 Å². The molecule has 0 aliphatic carbocycles. The maximum absolute atomic E-state index is 5.53. The van der Waals surface area contributed by atoms with Crippen molar-refractivity contribution >= 4 is 52.6 Å². The van der Waals surface area contributed by atoms with Gasteiger partial charge in [-0.1, -0.05) is 19.1 Å². The molecular weight excluding hydrogens is 503 g/mol. The number of guanidine groups is 1. The van der Waals surface area contributed by atoms with E-state index in [9.17, 15) is 0 Å². The lowest BCUT2D eigenvalue weighted by molar-refractivity contribution is 0.0177. The lowest BCUT2D eigenvalue weighted by Crippen LogP contribution is -2.46. The Labute approximate surface area is 193 Å². The number of rotatable bonds is 8. The van der Waals surface area contributed by atoms with Crippen molar-refractivity contribution in [3.8, 4) is 0 Å². The number of ether oxygens (including phenoxy) is 1. The van der Waals surface area contributed by atoms with Crippen molar-refractivity contribution in [1.29, 1.82) is 0 Å². The lowest BCUT2D eigenvalue weighted by atomic mass is 10.1. The number of morpholine rings is 1. The van der Waals surface area contributed by atoms with Crippen LogP contribution in [0.2, 0.25) is 0 Å². The molecule has 0 bridgehead atoms. The Morgan fingerprint density at radius 2 is 1.86 bits per heavy atom. The first-order valence-electron chi connectivity index (χ1n) is 9.58. The van der Waals surface area contributed by atoms with Crippen LogP contribution in [0, 0.1) is 5.92 Å². The van der Waals surface area contributed by atoms with Crippen molar-refractivity contribution in [3.63, 3.8) is 0 Å². The summed E-state index contributed by atoms with van der Waals surface area (Å²) in [5.74, 6) is 1.44. The molecule has 1 aliphatic heterocycles. The third kappa shape index (κ3) is 7.29. The van der Waals surface area contributed by atoms with Crippen LogP contribution < -0.4 is 10.6 Å². The van der Waals surface area contributed by atoms with Crippen LogP contribution in [0.3, 0.4) is 0 Å². The Morgan fingerprint density at radius 1 is 1.14 bits per heavy atom. The smallest absolute Gasteiger partial charge is 0.191 e. The third-order valence-electron chi connectivity index (χ3n) is 4.79. The van der Waals surface area contributed by atoms with E-state index in [-0.39, 0.29) is 24.0 Å². The second-order valence-electron chi connectivity index (χ2n) is 6.90. The quantitative estimate of drug-likeness (QED) is 0.307. The minimum absolute atomic E-state index is 0. The summed E-state index contributed by atoms with van der Waals surface area (Å²) in [5, 5.41) is 11.3. The average Bonchev–Trinajstić information content (AvgIpc) is 3.39. The molecule has 0 radical (unpaired) electrons. The van der Waals surface area contributed by atoms with Gasteiger partial charge in [0, 0.05) is 43.0 Å². The van der Waals surface area contributed by atoms with Crippen molar-refractivity contribution in [3.05, 3.63) is 44.8 Å². The third-order valence-corrected chi connectivity index (χ3v) is 6.66. The Balaban J connectivity index is 0.00000280. The summed E-state index contributed by atoms with van der Waals surface area (Å²) >= 11 is 3.65. The van der Waals surface area contributed by atoms with E-state index in [0.29, 0.717) is 12.0 Å². The molecule has 0 spiro atoms. The van der Waals surface area contributed by atoms with Gasteiger partial charge in [0.2, 0.25) is 0 Å². The zero-order chi connectivity index (χ0) is 18.9. The monoisotopic (exact) mass is 534 g/mol. The molecule has 2 aromatic heterocycles. The largest absolute Gasteiger partial charge is 0.379 e. The second-order valence-corrected chi connectivity index (χ2v) is 8.91. The Hall–Kier alpha value is -0.680. The molecule has 156 valence electrons.